The minimum atomic E-state index is -1.20. The average molecular weight is 691 g/mol. The third-order valence-corrected chi connectivity index (χ3v) is 6.77. The number of rotatable bonds is 20. The molecule has 2 heterocycles. The molecular formula is C26H38N6O16. The highest BCUT2D eigenvalue weighted by Gasteiger charge is 2.20. The molecule has 22 heteroatoms. The lowest BCUT2D eigenvalue weighted by Crippen LogP contribution is -2.55. The van der Waals surface area contributed by atoms with Crippen LogP contribution in [-0.2, 0) is 67.9 Å². The van der Waals surface area contributed by atoms with Gasteiger partial charge in [0.1, 0.15) is 6.61 Å². The van der Waals surface area contributed by atoms with E-state index in [0.29, 0.717) is 27.4 Å². The number of aliphatic hydroxyl groups excluding tert-OH is 4. The van der Waals surface area contributed by atoms with Crippen LogP contribution < -0.4 is 34.1 Å². The first-order valence-corrected chi connectivity index (χ1v) is 14.6. The number of ether oxygens (including phenoxy) is 3. The molecule has 4 N–H and O–H groups in total. The summed E-state index contributed by atoms with van der Waals surface area (Å²) in [5, 5.41) is 36.5. The Balaban J connectivity index is 2.24. The van der Waals surface area contributed by atoms with E-state index in [-0.39, 0.29) is 13.0 Å². The van der Waals surface area contributed by atoms with E-state index in [2.05, 4.69) is 4.74 Å². The molecule has 2 aromatic rings. The Kier molecular flexibility index (Phi) is 15.6. The van der Waals surface area contributed by atoms with E-state index in [9.17, 15) is 58.5 Å². The summed E-state index contributed by atoms with van der Waals surface area (Å²) < 4.78 is 17.7. The fourth-order valence-corrected chi connectivity index (χ4v) is 4.22. The van der Waals surface area contributed by atoms with Gasteiger partial charge in [-0.15, -0.1) is 0 Å². The van der Waals surface area contributed by atoms with Crippen molar-refractivity contribution in [3.63, 3.8) is 0 Å². The zero-order chi connectivity index (χ0) is 36.0. The average Bonchev–Trinajstić information content (AvgIpc) is 3.06. The molecule has 268 valence electrons. The number of aliphatic hydroxyl groups is 4. The molecule has 0 aliphatic rings. The standard InChI is InChI=1S/C26H38N6O16/c1-46-18(37)2-6-27-21(40)28(7-3-19(38)47-14-5-17(36)16-35)23(42)29(22(27)41)8-4-20(39)48-15-11-32-25(44)30(9-12-33)24(43)31(10-13-34)26(32)45/h17,33-36H,2-16H2,1H3. The number of carbonyl (C=O) groups excluding carboxylic acids is 3. The monoisotopic (exact) mass is 690 g/mol. The van der Waals surface area contributed by atoms with Crippen molar-refractivity contribution < 1.29 is 49.0 Å². The van der Waals surface area contributed by atoms with Crippen molar-refractivity contribution in [2.75, 3.05) is 40.1 Å². The number of hydrogen-bond donors (Lipinski definition) is 4. The SMILES string of the molecule is COC(=O)CCn1c(=O)n(CCC(=O)OCCC(O)CO)c(=O)n(CCC(=O)OCCn2c(=O)n(CCO)c(=O)n(CCO)c2=O)c1=O. The molecule has 0 saturated carbocycles. The van der Waals surface area contributed by atoms with Crippen LogP contribution in [0.4, 0.5) is 0 Å². The molecule has 2 aromatic heterocycles. The molecule has 1 atom stereocenters. The first kappa shape index (κ1) is 39.2. The van der Waals surface area contributed by atoms with Crippen molar-refractivity contribution in [2.45, 2.75) is 71.1 Å². The molecule has 22 nitrogen and oxygen atoms in total. The van der Waals surface area contributed by atoms with Crippen molar-refractivity contribution in [3.8, 4) is 0 Å². The van der Waals surface area contributed by atoms with Crippen LogP contribution in [0, 0.1) is 0 Å². The summed E-state index contributed by atoms with van der Waals surface area (Å²) in [5.41, 5.74) is -6.79. The number of aromatic nitrogens is 6. The van der Waals surface area contributed by atoms with Crippen molar-refractivity contribution in [3.05, 3.63) is 62.9 Å². The first-order valence-electron chi connectivity index (χ1n) is 14.6. The van der Waals surface area contributed by atoms with Crippen LogP contribution in [-0.4, -0.2) is 112 Å². The van der Waals surface area contributed by atoms with E-state index in [1.165, 1.54) is 0 Å². The molecule has 0 spiro atoms. The summed E-state index contributed by atoms with van der Waals surface area (Å²) in [4.78, 5) is 113. The molecule has 0 saturated heterocycles. The highest BCUT2D eigenvalue weighted by molar-refractivity contribution is 5.69. The van der Waals surface area contributed by atoms with Gasteiger partial charge in [0.2, 0.25) is 0 Å². The highest BCUT2D eigenvalue weighted by atomic mass is 16.5. The number of hydrogen-bond acceptors (Lipinski definition) is 16. The smallest absolute Gasteiger partial charge is 0.336 e. The van der Waals surface area contributed by atoms with E-state index in [1.54, 1.807) is 0 Å². The summed E-state index contributed by atoms with van der Waals surface area (Å²) in [6.07, 6.45) is -2.79. The van der Waals surface area contributed by atoms with Crippen molar-refractivity contribution >= 4 is 17.9 Å². The van der Waals surface area contributed by atoms with E-state index in [4.69, 9.17) is 14.6 Å². The molecular weight excluding hydrogens is 652 g/mol. The Bertz CT molecular complexity index is 1750. The summed E-state index contributed by atoms with van der Waals surface area (Å²) in [7, 11) is 1.08. The zero-order valence-corrected chi connectivity index (χ0v) is 26.1. The maximum Gasteiger partial charge on any atom is 0.336 e. The second-order valence-corrected chi connectivity index (χ2v) is 9.94. The Hall–Kier alpha value is -4.93. The molecule has 2 rings (SSSR count). The van der Waals surface area contributed by atoms with Crippen molar-refractivity contribution in [2.24, 2.45) is 0 Å². The van der Waals surface area contributed by atoms with Crippen LogP contribution in [0.3, 0.4) is 0 Å². The minimum Gasteiger partial charge on any atom is -0.469 e. The van der Waals surface area contributed by atoms with Crippen LogP contribution in [0.15, 0.2) is 28.8 Å². The summed E-state index contributed by atoms with van der Waals surface area (Å²) in [5.74, 6) is -2.67. The number of nitrogens with zero attached hydrogens (tertiary/aromatic N) is 6. The molecule has 0 aliphatic carbocycles. The van der Waals surface area contributed by atoms with E-state index < -0.39 is 143 Å². The summed E-state index contributed by atoms with van der Waals surface area (Å²) in [6.45, 7) is -5.79. The second-order valence-electron chi connectivity index (χ2n) is 9.94. The Labute approximate surface area is 268 Å². The Morgan fingerprint density at radius 1 is 0.542 bits per heavy atom. The van der Waals surface area contributed by atoms with Gasteiger partial charge in [-0.25, -0.2) is 56.2 Å². The lowest BCUT2D eigenvalue weighted by atomic mass is 10.3. The molecule has 0 radical (unpaired) electrons. The van der Waals surface area contributed by atoms with Crippen LogP contribution in [0.2, 0.25) is 0 Å². The normalized spacial score (nSPS) is 11.7. The van der Waals surface area contributed by atoms with Crippen molar-refractivity contribution in [1.82, 2.24) is 27.4 Å². The van der Waals surface area contributed by atoms with Gasteiger partial charge in [-0.05, 0) is 0 Å². The van der Waals surface area contributed by atoms with Crippen LogP contribution >= 0.6 is 0 Å². The minimum absolute atomic E-state index is 0.0713. The first-order chi connectivity index (χ1) is 22.8. The van der Waals surface area contributed by atoms with Crippen molar-refractivity contribution in [1.29, 1.82) is 0 Å². The molecule has 0 aliphatic heterocycles. The maximum absolute atomic E-state index is 13.1. The van der Waals surface area contributed by atoms with Gasteiger partial charge in [-0.1, -0.05) is 0 Å². The number of esters is 3. The van der Waals surface area contributed by atoms with Gasteiger partial charge in [0, 0.05) is 26.1 Å². The van der Waals surface area contributed by atoms with Gasteiger partial charge in [-0.3, -0.25) is 14.4 Å². The maximum atomic E-state index is 13.1. The van der Waals surface area contributed by atoms with Gasteiger partial charge in [-0.2, -0.15) is 0 Å². The van der Waals surface area contributed by atoms with E-state index in [1.807, 2.05) is 0 Å². The lowest BCUT2D eigenvalue weighted by Gasteiger charge is -2.14. The van der Waals surface area contributed by atoms with Crippen LogP contribution in [0.5, 0.6) is 0 Å². The van der Waals surface area contributed by atoms with Gasteiger partial charge in [0.25, 0.3) is 0 Å². The Morgan fingerprint density at radius 2 is 0.875 bits per heavy atom. The fraction of sp³-hybridized carbons (Fsp3) is 0.654. The Morgan fingerprint density at radius 3 is 1.23 bits per heavy atom. The molecule has 48 heavy (non-hydrogen) atoms. The predicted molar refractivity (Wildman–Crippen MR) is 158 cm³/mol. The lowest BCUT2D eigenvalue weighted by molar-refractivity contribution is -0.145. The fourth-order valence-electron chi connectivity index (χ4n) is 4.22. The van der Waals surface area contributed by atoms with Crippen LogP contribution in [0.1, 0.15) is 25.7 Å². The molecule has 0 fully saturated rings. The third-order valence-electron chi connectivity index (χ3n) is 6.77. The van der Waals surface area contributed by atoms with Gasteiger partial charge in [0.05, 0.1) is 78.5 Å². The van der Waals surface area contributed by atoms with Gasteiger partial charge >= 0.3 is 52.0 Å². The van der Waals surface area contributed by atoms with E-state index in [0.717, 1.165) is 7.11 Å². The van der Waals surface area contributed by atoms with Gasteiger partial charge < -0.3 is 34.6 Å². The summed E-state index contributed by atoms with van der Waals surface area (Å²) >= 11 is 0. The largest absolute Gasteiger partial charge is 0.469 e. The van der Waals surface area contributed by atoms with E-state index >= 15 is 0 Å². The second kappa shape index (κ2) is 19.0. The molecule has 1 unspecified atom stereocenters. The quantitative estimate of drug-likeness (QED) is 0.0742. The topological polar surface area (TPSA) is 292 Å². The summed E-state index contributed by atoms with van der Waals surface area (Å²) in [6, 6.07) is 0. The third kappa shape index (κ3) is 10.3. The molecule has 0 bridgehead atoms. The number of methoxy groups -OCH3 is 1. The highest BCUT2D eigenvalue weighted by Crippen LogP contribution is 1.96. The zero-order valence-electron chi connectivity index (χ0n) is 26.1. The van der Waals surface area contributed by atoms with Crippen LogP contribution in [0.25, 0.3) is 0 Å². The predicted octanol–water partition coefficient (Wildman–Crippen LogP) is -6.49. The molecule has 0 amide bonds. The number of carbonyl (C=O) groups is 3. The molecule has 0 aromatic carbocycles. The van der Waals surface area contributed by atoms with Gasteiger partial charge in [0.15, 0.2) is 0 Å².